The first-order valence-corrected chi connectivity index (χ1v) is 11.1. The number of fused-ring (bicyclic) bond motifs is 2. The quantitative estimate of drug-likeness (QED) is 0.345. The van der Waals surface area contributed by atoms with Crippen molar-refractivity contribution >= 4 is 22.3 Å². The number of hydrogen-bond donors (Lipinski definition) is 3. The molecule has 3 N–H and O–H groups in total. The molecule has 0 radical (unpaired) electrons. The van der Waals surface area contributed by atoms with Crippen molar-refractivity contribution in [2.45, 2.75) is 19.9 Å². The van der Waals surface area contributed by atoms with E-state index >= 15 is 0 Å². The maximum Gasteiger partial charge on any atom is 0.198 e. The highest BCUT2D eigenvalue weighted by atomic mass is 19.1. The van der Waals surface area contributed by atoms with Gasteiger partial charge in [-0.3, -0.25) is 0 Å². The Balaban J connectivity index is 1.64. The van der Waals surface area contributed by atoms with E-state index in [1.165, 1.54) is 24.3 Å². The molecule has 0 unspecified atom stereocenters. The zero-order valence-electron chi connectivity index (χ0n) is 19.3. The molecule has 34 heavy (non-hydrogen) atoms. The highest BCUT2D eigenvalue weighted by Gasteiger charge is 2.19. The number of rotatable bonds is 5. The van der Waals surface area contributed by atoms with Crippen LogP contribution in [0.2, 0.25) is 0 Å². The fraction of sp³-hybridized carbons (Fsp3) is 0.222. The molecule has 6 nitrogen and oxygen atoms in total. The lowest BCUT2D eigenvalue weighted by molar-refractivity contribution is 0.413. The smallest absolute Gasteiger partial charge is 0.198 e. The summed E-state index contributed by atoms with van der Waals surface area (Å²) in [5, 5.41) is 14.9. The van der Waals surface area contributed by atoms with Gasteiger partial charge in [-0.15, -0.1) is 0 Å². The van der Waals surface area contributed by atoms with Crippen molar-refractivity contribution in [1.82, 2.24) is 10.3 Å². The number of hydrogen-bond acceptors (Lipinski definition) is 5. The fourth-order valence-electron chi connectivity index (χ4n) is 4.64. The lowest BCUT2D eigenvalue weighted by Crippen LogP contribution is -2.23. The Bertz CT molecular complexity index is 1420. The van der Waals surface area contributed by atoms with Crippen molar-refractivity contribution in [2.24, 2.45) is 4.99 Å². The first-order chi connectivity index (χ1) is 16.5. The van der Waals surface area contributed by atoms with Crippen LogP contribution in [0.5, 0.6) is 17.4 Å². The van der Waals surface area contributed by atoms with Crippen LogP contribution >= 0.6 is 0 Å². The summed E-state index contributed by atoms with van der Waals surface area (Å²) < 4.78 is 25.7. The summed E-state index contributed by atoms with van der Waals surface area (Å²) in [4.78, 5) is 7.83. The van der Waals surface area contributed by atoms with E-state index in [4.69, 9.17) is 14.5 Å². The van der Waals surface area contributed by atoms with Gasteiger partial charge in [0.25, 0.3) is 0 Å². The second kappa shape index (κ2) is 8.83. The molecule has 0 fully saturated rings. The van der Waals surface area contributed by atoms with Crippen molar-refractivity contribution in [2.75, 3.05) is 20.8 Å². The molecule has 1 aromatic heterocycles. The molecule has 1 aliphatic rings. The zero-order chi connectivity index (χ0) is 23.8. The first-order valence-electron chi connectivity index (χ1n) is 11.1. The lowest BCUT2D eigenvalue weighted by Gasteiger charge is -2.19. The van der Waals surface area contributed by atoms with Crippen LogP contribution in [0.1, 0.15) is 23.6 Å². The van der Waals surface area contributed by atoms with Gasteiger partial charge in [0.1, 0.15) is 23.0 Å². The van der Waals surface area contributed by atoms with Gasteiger partial charge in [0.2, 0.25) is 0 Å². The maximum atomic E-state index is 14.7. The Morgan fingerprint density at radius 3 is 2.65 bits per heavy atom. The highest BCUT2D eigenvalue weighted by Crippen LogP contribution is 2.38. The predicted molar refractivity (Wildman–Crippen MR) is 132 cm³/mol. The molecule has 4 aromatic rings. The molecular weight excluding hydrogens is 433 g/mol. The molecule has 2 heterocycles. The van der Waals surface area contributed by atoms with Gasteiger partial charge in [-0.05, 0) is 73.0 Å². The number of aromatic hydroxyl groups is 1. The van der Waals surface area contributed by atoms with Crippen LogP contribution < -0.4 is 14.8 Å². The molecule has 5 rings (SSSR count). The van der Waals surface area contributed by atoms with Crippen LogP contribution in [0.25, 0.3) is 22.0 Å². The average molecular weight is 460 g/mol. The summed E-state index contributed by atoms with van der Waals surface area (Å²) in [6.07, 6.45) is 0.945. The van der Waals surface area contributed by atoms with Crippen molar-refractivity contribution in [1.29, 1.82) is 0 Å². The minimum Gasteiger partial charge on any atom is -0.496 e. The van der Waals surface area contributed by atoms with E-state index in [9.17, 15) is 9.50 Å². The number of methoxy groups -OCH3 is 2. The number of H-pyrrole nitrogens is 1. The van der Waals surface area contributed by atoms with Gasteiger partial charge in [0, 0.05) is 17.4 Å². The van der Waals surface area contributed by atoms with Crippen molar-refractivity contribution < 1.29 is 19.0 Å². The first kappa shape index (κ1) is 22.0. The van der Waals surface area contributed by atoms with Crippen molar-refractivity contribution in [3.8, 4) is 28.5 Å². The number of ether oxygens (including phenoxy) is 2. The van der Waals surface area contributed by atoms with Crippen LogP contribution in [0.15, 0.2) is 53.5 Å². The molecule has 0 atom stereocenters. The Hall–Kier alpha value is -3.84. The number of aromatic nitrogens is 1. The molecule has 3 aromatic carbocycles. The molecule has 0 saturated carbocycles. The molecule has 7 heteroatoms. The number of halogens is 1. The SMILES string of the molecule is COc1cc2c(cc1N=C(C)c1c(O)[nH]c3ccc(-c4c(F)cccc4OC)cc13)CNCC2. The zero-order valence-corrected chi connectivity index (χ0v) is 19.3. The molecule has 0 saturated heterocycles. The highest BCUT2D eigenvalue weighted by molar-refractivity contribution is 6.13. The third-order valence-electron chi connectivity index (χ3n) is 6.30. The summed E-state index contributed by atoms with van der Waals surface area (Å²) in [6.45, 7) is 3.57. The van der Waals surface area contributed by atoms with E-state index in [-0.39, 0.29) is 11.7 Å². The van der Waals surface area contributed by atoms with Crippen molar-refractivity contribution in [3.05, 3.63) is 71.0 Å². The Labute approximate surface area is 197 Å². The van der Waals surface area contributed by atoms with Gasteiger partial charge >= 0.3 is 0 Å². The number of nitrogens with zero attached hydrogens (tertiary/aromatic N) is 1. The summed E-state index contributed by atoms with van der Waals surface area (Å²) in [5.41, 5.74) is 6.06. The average Bonchev–Trinajstić information content (AvgIpc) is 3.18. The summed E-state index contributed by atoms with van der Waals surface area (Å²) >= 11 is 0. The van der Waals surface area contributed by atoms with Gasteiger partial charge in [0.05, 0.1) is 31.1 Å². The van der Waals surface area contributed by atoms with E-state index in [0.29, 0.717) is 39.6 Å². The summed E-state index contributed by atoms with van der Waals surface area (Å²) in [6, 6.07) is 14.3. The van der Waals surface area contributed by atoms with E-state index in [1.54, 1.807) is 25.3 Å². The summed E-state index contributed by atoms with van der Waals surface area (Å²) in [5.74, 6) is 0.764. The second-order valence-electron chi connectivity index (χ2n) is 8.34. The van der Waals surface area contributed by atoms with Crippen LogP contribution in [-0.4, -0.2) is 36.6 Å². The Kier molecular flexibility index (Phi) is 5.71. The molecule has 0 spiro atoms. The second-order valence-corrected chi connectivity index (χ2v) is 8.34. The molecule has 1 aliphatic heterocycles. The van der Waals surface area contributed by atoms with Gasteiger partial charge in [0.15, 0.2) is 5.88 Å². The lowest BCUT2D eigenvalue weighted by atomic mass is 9.99. The molecule has 0 bridgehead atoms. The van der Waals surface area contributed by atoms with Gasteiger partial charge in [-0.25, -0.2) is 9.38 Å². The van der Waals surface area contributed by atoms with Crippen LogP contribution in [0, 0.1) is 5.82 Å². The van der Waals surface area contributed by atoms with E-state index in [2.05, 4.69) is 10.3 Å². The predicted octanol–water partition coefficient (Wildman–Crippen LogP) is 5.48. The Morgan fingerprint density at radius 1 is 1.03 bits per heavy atom. The van der Waals surface area contributed by atoms with Crippen LogP contribution in [0.3, 0.4) is 0 Å². The third kappa shape index (κ3) is 3.78. The summed E-state index contributed by atoms with van der Waals surface area (Å²) in [7, 11) is 3.15. The molecule has 0 amide bonds. The maximum absolute atomic E-state index is 14.7. The van der Waals surface area contributed by atoms with Crippen molar-refractivity contribution in [3.63, 3.8) is 0 Å². The third-order valence-corrected chi connectivity index (χ3v) is 6.30. The molecular formula is C27H26FN3O3. The number of aliphatic imine (C=N–C) groups is 1. The monoisotopic (exact) mass is 459 g/mol. The minimum absolute atomic E-state index is 0.00694. The van der Waals surface area contributed by atoms with Gasteiger partial charge in [-0.2, -0.15) is 0 Å². The molecule has 0 aliphatic carbocycles. The standard InChI is InChI=1S/C27H26FN3O3/c1-15(30-22-12-18-14-29-10-9-16(18)13-24(22)34-3)25-19-11-17(7-8-21(19)31-27(25)32)26-20(28)5-4-6-23(26)33-2/h4-8,11-13,29,31-32H,9-10,14H2,1-3H3. The Morgan fingerprint density at radius 2 is 1.85 bits per heavy atom. The van der Waals surface area contributed by atoms with E-state index < -0.39 is 0 Å². The minimum atomic E-state index is -0.377. The van der Waals surface area contributed by atoms with Gasteiger partial charge < -0.3 is 24.9 Å². The van der Waals surface area contributed by atoms with Crippen LogP contribution in [0.4, 0.5) is 10.1 Å². The largest absolute Gasteiger partial charge is 0.496 e. The van der Waals surface area contributed by atoms with E-state index in [0.717, 1.165) is 30.4 Å². The fourth-order valence-corrected chi connectivity index (χ4v) is 4.64. The molecule has 174 valence electrons. The normalized spacial score (nSPS) is 13.7. The topological polar surface area (TPSA) is 78.9 Å². The number of nitrogens with one attached hydrogen (secondary N) is 2. The van der Waals surface area contributed by atoms with E-state index in [1.807, 2.05) is 31.2 Å². The van der Waals surface area contributed by atoms with Gasteiger partial charge in [-0.1, -0.05) is 12.1 Å². The number of benzene rings is 3. The van der Waals surface area contributed by atoms with Crippen LogP contribution in [-0.2, 0) is 13.0 Å². The number of aromatic amines is 1.